The van der Waals surface area contributed by atoms with Crippen LogP contribution in [-0.4, -0.2) is 31.1 Å². The van der Waals surface area contributed by atoms with Gasteiger partial charge in [-0.2, -0.15) is 0 Å². The van der Waals surface area contributed by atoms with Crippen molar-refractivity contribution in [2.75, 3.05) is 13.2 Å². The molecule has 1 unspecified atom stereocenters. The van der Waals surface area contributed by atoms with E-state index in [4.69, 9.17) is 4.74 Å². The van der Waals surface area contributed by atoms with Crippen LogP contribution in [0, 0.1) is 0 Å². The molecule has 1 fully saturated rings. The van der Waals surface area contributed by atoms with Crippen LogP contribution in [0.25, 0.3) is 0 Å². The van der Waals surface area contributed by atoms with Gasteiger partial charge in [0.05, 0.1) is 6.10 Å². The summed E-state index contributed by atoms with van der Waals surface area (Å²) in [7, 11) is 0. The largest absolute Gasteiger partial charge is 0.378 e. The van der Waals surface area contributed by atoms with Crippen molar-refractivity contribution in [3.05, 3.63) is 0 Å². The fourth-order valence-electron chi connectivity index (χ4n) is 1.82. The number of carbonyl (C=O) groups excluding carboxylic acids is 1. The third kappa shape index (κ3) is 5.90. The third-order valence-electron chi connectivity index (χ3n) is 2.73. The van der Waals surface area contributed by atoms with Crippen molar-refractivity contribution in [2.24, 2.45) is 0 Å². The summed E-state index contributed by atoms with van der Waals surface area (Å²) >= 11 is 0. The highest BCUT2D eigenvalue weighted by atomic mass is 16.5. The SMILES string of the molecule is CC(C)NCCC(=O)CCC1CCCO1. The summed E-state index contributed by atoms with van der Waals surface area (Å²) in [5.74, 6) is 0.360. The molecule has 1 atom stereocenters. The summed E-state index contributed by atoms with van der Waals surface area (Å²) in [5.41, 5.74) is 0. The second kappa shape index (κ2) is 6.96. The van der Waals surface area contributed by atoms with Gasteiger partial charge in [0, 0.05) is 32.0 Å². The quantitative estimate of drug-likeness (QED) is 0.702. The Morgan fingerprint density at radius 1 is 1.47 bits per heavy atom. The number of nitrogens with one attached hydrogen (secondary N) is 1. The van der Waals surface area contributed by atoms with Crippen LogP contribution in [0.2, 0.25) is 0 Å². The first-order chi connectivity index (χ1) is 7.18. The first-order valence-corrected chi connectivity index (χ1v) is 6.05. The summed E-state index contributed by atoms with van der Waals surface area (Å²) in [6.07, 6.45) is 4.91. The number of rotatable bonds is 7. The zero-order valence-electron chi connectivity index (χ0n) is 9.92. The van der Waals surface area contributed by atoms with Crippen LogP contribution in [0.1, 0.15) is 46.0 Å². The molecule has 0 aromatic rings. The van der Waals surface area contributed by atoms with Gasteiger partial charge < -0.3 is 10.1 Å². The van der Waals surface area contributed by atoms with E-state index in [9.17, 15) is 4.79 Å². The van der Waals surface area contributed by atoms with Gasteiger partial charge in [0.1, 0.15) is 5.78 Å². The number of Topliss-reactive ketones (excluding diaryl/α,β-unsaturated/α-hetero) is 1. The maximum atomic E-state index is 11.5. The molecule has 1 aliphatic heterocycles. The Kier molecular flexibility index (Phi) is 5.88. The molecule has 15 heavy (non-hydrogen) atoms. The molecule has 3 heteroatoms. The van der Waals surface area contributed by atoms with Gasteiger partial charge in [-0.3, -0.25) is 4.79 Å². The molecule has 0 aromatic carbocycles. The molecule has 0 saturated carbocycles. The van der Waals surface area contributed by atoms with Crippen molar-refractivity contribution in [1.82, 2.24) is 5.32 Å². The van der Waals surface area contributed by atoms with Gasteiger partial charge >= 0.3 is 0 Å². The predicted octanol–water partition coefficient (Wildman–Crippen LogP) is 1.90. The van der Waals surface area contributed by atoms with Crippen molar-refractivity contribution < 1.29 is 9.53 Å². The highest BCUT2D eigenvalue weighted by Gasteiger charge is 2.16. The van der Waals surface area contributed by atoms with Crippen LogP contribution < -0.4 is 5.32 Å². The van der Waals surface area contributed by atoms with E-state index in [1.54, 1.807) is 0 Å². The van der Waals surface area contributed by atoms with E-state index < -0.39 is 0 Å². The molecule has 3 nitrogen and oxygen atoms in total. The molecule has 0 aliphatic carbocycles. The third-order valence-corrected chi connectivity index (χ3v) is 2.73. The zero-order valence-corrected chi connectivity index (χ0v) is 9.92. The molecule has 1 aliphatic rings. The van der Waals surface area contributed by atoms with Gasteiger partial charge in [-0.25, -0.2) is 0 Å². The van der Waals surface area contributed by atoms with Gasteiger partial charge in [0.2, 0.25) is 0 Å². The number of carbonyl (C=O) groups is 1. The Bertz CT molecular complexity index is 186. The van der Waals surface area contributed by atoms with Gasteiger partial charge in [0.25, 0.3) is 0 Å². The fourth-order valence-corrected chi connectivity index (χ4v) is 1.82. The maximum Gasteiger partial charge on any atom is 0.134 e. The molecule has 1 rings (SSSR count). The minimum Gasteiger partial charge on any atom is -0.378 e. The van der Waals surface area contributed by atoms with Crippen LogP contribution in [0.3, 0.4) is 0 Å². The van der Waals surface area contributed by atoms with Crippen molar-refractivity contribution in [2.45, 2.75) is 58.1 Å². The van der Waals surface area contributed by atoms with Crippen LogP contribution in [0.15, 0.2) is 0 Å². The van der Waals surface area contributed by atoms with E-state index in [-0.39, 0.29) is 0 Å². The Morgan fingerprint density at radius 2 is 2.27 bits per heavy atom. The number of ether oxygens (including phenoxy) is 1. The van der Waals surface area contributed by atoms with Crippen molar-refractivity contribution in [3.63, 3.8) is 0 Å². The summed E-state index contributed by atoms with van der Waals surface area (Å²) in [6, 6.07) is 0.468. The maximum absolute atomic E-state index is 11.5. The minimum atomic E-state index is 0.354. The molecular weight excluding hydrogens is 190 g/mol. The average molecular weight is 213 g/mol. The highest BCUT2D eigenvalue weighted by Crippen LogP contribution is 2.17. The van der Waals surface area contributed by atoms with E-state index in [1.165, 1.54) is 0 Å². The molecule has 0 spiro atoms. The van der Waals surface area contributed by atoms with E-state index in [0.717, 1.165) is 32.4 Å². The highest BCUT2D eigenvalue weighted by molar-refractivity contribution is 5.78. The van der Waals surface area contributed by atoms with Crippen molar-refractivity contribution in [1.29, 1.82) is 0 Å². The van der Waals surface area contributed by atoms with Crippen LogP contribution >= 0.6 is 0 Å². The monoisotopic (exact) mass is 213 g/mol. The molecule has 1 N–H and O–H groups in total. The van der Waals surface area contributed by atoms with E-state index in [1.807, 2.05) is 0 Å². The van der Waals surface area contributed by atoms with E-state index in [0.29, 0.717) is 30.8 Å². The van der Waals surface area contributed by atoms with E-state index in [2.05, 4.69) is 19.2 Å². The Balaban J connectivity index is 1.98. The standard InChI is InChI=1S/C12H23NO2/c1-10(2)13-8-7-11(14)5-6-12-4-3-9-15-12/h10,12-13H,3-9H2,1-2H3. The lowest BCUT2D eigenvalue weighted by Crippen LogP contribution is -2.25. The molecule has 0 amide bonds. The molecule has 0 radical (unpaired) electrons. The Labute approximate surface area is 92.6 Å². The summed E-state index contributed by atoms with van der Waals surface area (Å²) in [6.45, 7) is 5.88. The van der Waals surface area contributed by atoms with Crippen LogP contribution in [-0.2, 0) is 9.53 Å². The van der Waals surface area contributed by atoms with Crippen LogP contribution in [0.5, 0.6) is 0 Å². The van der Waals surface area contributed by atoms with Crippen LogP contribution in [0.4, 0.5) is 0 Å². The van der Waals surface area contributed by atoms with Crippen molar-refractivity contribution in [3.8, 4) is 0 Å². The fraction of sp³-hybridized carbons (Fsp3) is 0.917. The topological polar surface area (TPSA) is 38.3 Å². The first kappa shape index (κ1) is 12.7. The van der Waals surface area contributed by atoms with Gasteiger partial charge in [-0.05, 0) is 19.3 Å². The second-order valence-electron chi connectivity index (χ2n) is 4.57. The molecule has 1 heterocycles. The summed E-state index contributed by atoms with van der Waals surface area (Å²) in [4.78, 5) is 11.5. The predicted molar refractivity (Wildman–Crippen MR) is 61.0 cm³/mol. The number of hydrogen-bond acceptors (Lipinski definition) is 3. The number of ketones is 1. The zero-order chi connectivity index (χ0) is 11.1. The number of hydrogen-bond donors (Lipinski definition) is 1. The smallest absolute Gasteiger partial charge is 0.134 e. The lowest BCUT2D eigenvalue weighted by atomic mass is 10.1. The molecular formula is C12H23NO2. The van der Waals surface area contributed by atoms with Gasteiger partial charge in [-0.15, -0.1) is 0 Å². The summed E-state index contributed by atoms with van der Waals surface area (Å²) in [5, 5.41) is 3.25. The molecule has 1 saturated heterocycles. The van der Waals surface area contributed by atoms with Gasteiger partial charge in [-0.1, -0.05) is 13.8 Å². The minimum absolute atomic E-state index is 0.354. The molecule has 0 aromatic heterocycles. The van der Waals surface area contributed by atoms with E-state index >= 15 is 0 Å². The van der Waals surface area contributed by atoms with Crippen molar-refractivity contribution >= 4 is 5.78 Å². The first-order valence-electron chi connectivity index (χ1n) is 6.05. The molecule has 88 valence electrons. The lowest BCUT2D eigenvalue weighted by Gasteiger charge is -2.09. The average Bonchev–Trinajstić information content (AvgIpc) is 2.66. The van der Waals surface area contributed by atoms with Gasteiger partial charge in [0.15, 0.2) is 0 Å². The summed E-state index contributed by atoms with van der Waals surface area (Å²) < 4.78 is 5.48. The Morgan fingerprint density at radius 3 is 2.87 bits per heavy atom. The second-order valence-corrected chi connectivity index (χ2v) is 4.57. The molecule has 0 bridgehead atoms. The Hall–Kier alpha value is -0.410. The lowest BCUT2D eigenvalue weighted by molar-refractivity contribution is -0.119. The normalized spacial score (nSPS) is 21.1.